The van der Waals surface area contributed by atoms with Gasteiger partial charge >= 0.3 is 0 Å². The van der Waals surface area contributed by atoms with E-state index in [9.17, 15) is 0 Å². The van der Waals surface area contributed by atoms with Gasteiger partial charge in [-0.15, -0.1) is 0 Å². The minimum Gasteiger partial charge on any atom is -0.345 e. The standard InChI is InChI=1S/C5H5I2N/c1-8-3-4(6)2-5(8)7/h2-3H,1H3. The lowest BCUT2D eigenvalue weighted by molar-refractivity contribution is 0.897. The molecule has 1 rings (SSSR count). The first-order valence-electron chi connectivity index (χ1n) is 2.17. The molecule has 0 N–H and O–H groups in total. The van der Waals surface area contributed by atoms with Crippen LogP contribution in [-0.2, 0) is 7.05 Å². The Hall–Kier alpha value is 0.740. The molecule has 0 unspecified atom stereocenters. The predicted molar refractivity (Wildman–Crippen MR) is 50.8 cm³/mol. The van der Waals surface area contributed by atoms with Gasteiger partial charge in [0.1, 0.15) is 0 Å². The van der Waals surface area contributed by atoms with Crippen LogP contribution in [0.4, 0.5) is 0 Å². The van der Waals surface area contributed by atoms with Crippen LogP contribution in [0.1, 0.15) is 0 Å². The zero-order valence-corrected chi connectivity index (χ0v) is 8.67. The number of halogens is 2. The van der Waals surface area contributed by atoms with E-state index in [-0.39, 0.29) is 0 Å². The molecule has 1 nitrogen and oxygen atoms in total. The predicted octanol–water partition coefficient (Wildman–Crippen LogP) is 2.23. The maximum Gasteiger partial charge on any atom is 0.0806 e. The van der Waals surface area contributed by atoms with Gasteiger partial charge in [-0.1, -0.05) is 0 Å². The minimum atomic E-state index is 1.28. The maximum atomic E-state index is 2.30. The molecule has 0 fully saturated rings. The van der Waals surface area contributed by atoms with E-state index in [4.69, 9.17) is 0 Å². The van der Waals surface area contributed by atoms with Crippen LogP contribution in [-0.4, -0.2) is 4.57 Å². The van der Waals surface area contributed by atoms with Crippen LogP contribution in [0.5, 0.6) is 0 Å². The van der Waals surface area contributed by atoms with Crippen molar-refractivity contribution in [3.8, 4) is 0 Å². The third-order valence-electron chi connectivity index (χ3n) is 0.911. The molecule has 1 heterocycles. The summed E-state index contributed by atoms with van der Waals surface area (Å²) in [5.74, 6) is 0. The molecule has 0 atom stereocenters. The van der Waals surface area contributed by atoms with Gasteiger partial charge in [0, 0.05) is 16.8 Å². The van der Waals surface area contributed by atoms with Crippen LogP contribution >= 0.6 is 45.2 Å². The minimum absolute atomic E-state index is 1.28. The third kappa shape index (κ3) is 1.37. The van der Waals surface area contributed by atoms with E-state index in [1.165, 1.54) is 7.27 Å². The zero-order valence-electron chi connectivity index (χ0n) is 4.36. The number of aryl methyl sites for hydroxylation is 1. The lowest BCUT2D eigenvalue weighted by atomic mass is 10.7. The normalized spacial score (nSPS) is 9.88. The lowest BCUT2D eigenvalue weighted by Gasteiger charge is -1.87. The Kier molecular flexibility index (Phi) is 2.19. The Bertz CT molecular complexity index is 173. The summed E-state index contributed by atoms with van der Waals surface area (Å²) in [4.78, 5) is 0. The van der Waals surface area contributed by atoms with Crippen molar-refractivity contribution in [2.45, 2.75) is 0 Å². The Labute approximate surface area is 75.7 Å². The SMILES string of the molecule is Cn1cc(I)cc1I. The van der Waals surface area contributed by atoms with Crippen molar-refractivity contribution in [1.82, 2.24) is 4.57 Å². The summed E-state index contributed by atoms with van der Waals surface area (Å²) in [6.07, 6.45) is 2.10. The molecule has 0 spiro atoms. The highest BCUT2D eigenvalue weighted by Gasteiger charge is 1.93. The van der Waals surface area contributed by atoms with E-state index < -0.39 is 0 Å². The van der Waals surface area contributed by atoms with E-state index in [0.29, 0.717) is 0 Å². The fourth-order valence-electron chi connectivity index (χ4n) is 0.500. The monoisotopic (exact) mass is 333 g/mol. The van der Waals surface area contributed by atoms with Crippen molar-refractivity contribution in [3.05, 3.63) is 19.5 Å². The molecule has 0 aliphatic carbocycles. The summed E-state index contributed by atoms with van der Waals surface area (Å²) in [6.45, 7) is 0. The molecule has 0 bridgehead atoms. The van der Waals surface area contributed by atoms with E-state index in [2.05, 4.69) is 62.0 Å². The fraction of sp³-hybridized carbons (Fsp3) is 0.200. The van der Waals surface area contributed by atoms with Gasteiger partial charge < -0.3 is 4.57 Å². The number of hydrogen-bond donors (Lipinski definition) is 0. The molecule has 44 valence electrons. The van der Waals surface area contributed by atoms with Crippen LogP contribution in [0.3, 0.4) is 0 Å². The fourth-order valence-corrected chi connectivity index (χ4v) is 2.28. The van der Waals surface area contributed by atoms with Crippen molar-refractivity contribution in [2.75, 3.05) is 0 Å². The Balaban J connectivity index is 3.14. The second-order valence-corrected chi connectivity index (χ2v) is 3.94. The second kappa shape index (κ2) is 2.55. The molecule has 0 aliphatic rings. The molecule has 0 saturated heterocycles. The quantitative estimate of drug-likeness (QED) is 0.642. The van der Waals surface area contributed by atoms with Crippen LogP contribution < -0.4 is 0 Å². The highest BCUT2D eigenvalue weighted by Crippen LogP contribution is 2.10. The summed E-state index contributed by atoms with van der Waals surface area (Å²) in [5, 5.41) is 0. The molecule has 3 heteroatoms. The van der Waals surface area contributed by atoms with Crippen LogP contribution in [0, 0.1) is 7.27 Å². The highest BCUT2D eigenvalue weighted by molar-refractivity contribution is 14.1. The topological polar surface area (TPSA) is 4.93 Å². The number of nitrogens with zero attached hydrogens (tertiary/aromatic N) is 1. The molecular formula is C5H5I2N. The van der Waals surface area contributed by atoms with E-state index >= 15 is 0 Å². The summed E-state index contributed by atoms with van der Waals surface area (Å²) in [7, 11) is 2.05. The Morgan fingerprint density at radius 1 is 1.50 bits per heavy atom. The summed E-state index contributed by atoms with van der Waals surface area (Å²) in [6, 6.07) is 2.14. The van der Waals surface area contributed by atoms with Crippen molar-refractivity contribution in [2.24, 2.45) is 7.05 Å². The summed E-state index contributed by atoms with van der Waals surface area (Å²) < 4.78 is 4.68. The maximum absolute atomic E-state index is 2.30. The van der Waals surface area contributed by atoms with Gasteiger partial charge in [0.2, 0.25) is 0 Å². The van der Waals surface area contributed by atoms with Crippen molar-refractivity contribution in [1.29, 1.82) is 0 Å². The molecule has 8 heavy (non-hydrogen) atoms. The zero-order chi connectivity index (χ0) is 6.15. The smallest absolute Gasteiger partial charge is 0.0806 e. The van der Waals surface area contributed by atoms with Gasteiger partial charge in [-0.05, 0) is 51.2 Å². The summed E-state index contributed by atoms with van der Waals surface area (Å²) in [5.41, 5.74) is 0. The van der Waals surface area contributed by atoms with Crippen LogP contribution in [0.15, 0.2) is 12.3 Å². The first-order valence-corrected chi connectivity index (χ1v) is 4.33. The van der Waals surface area contributed by atoms with E-state index in [0.717, 1.165) is 0 Å². The highest BCUT2D eigenvalue weighted by atomic mass is 127. The van der Waals surface area contributed by atoms with Gasteiger partial charge in [0.15, 0.2) is 0 Å². The average molecular weight is 333 g/mol. The van der Waals surface area contributed by atoms with Gasteiger partial charge in [0.05, 0.1) is 3.70 Å². The number of aromatic nitrogens is 1. The number of hydrogen-bond acceptors (Lipinski definition) is 0. The van der Waals surface area contributed by atoms with E-state index in [1.807, 2.05) is 7.05 Å². The van der Waals surface area contributed by atoms with Gasteiger partial charge in [-0.3, -0.25) is 0 Å². The van der Waals surface area contributed by atoms with Gasteiger partial charge in [-0.2, -0.15) is 0 Å². The third-order valence-corrected chi connectivity index (χ3v) is 2.57. The van der Waals surface area contributed by atoms with Gasteiger partial charge in [0.25, 0.3) is 0 Å². The summed E-state index contributed by atoms with van der Waals surface area (Å²) >= 11 is 4.60. The van der Waals surface area contributed by atoms with Crippen molar-refractivity contribution < 1.29 is 0 Å². The first kappa shape index (κ1) is 6.85. The molecule has 1 aromatic heterocycles. The lowest BCUT2D eigenvalue weighted by Crippen LogP contribution is -1.84. The molecule has 0 aromatic carbocycles. The van der Waals surface area contributed by atoms with E-state index in [1.54, 1.807) is 0 Å². The molecule has 0 radical (unpaired) electrons. The van der Waals surface area contributed by atoms with Crippen LogP contribution in [0.2, 0.25) is 0 Å². The molecule has 0 amide bonds. The molecule has 0 saturated carbocycles. The Morgan fingerprint density at radius 2 is 2.12 bits per heavy atom. The molecular weight excluding hydrogens is 328 g/mol. The Morgan fingerprint density at radius 3 is 2.25 bits per heavy atom. The molecule has 0 aliphatic heterocycles. The average Bonchev–Trinajstić information content (AvgIpc) is 1.85. The number of rotatable bonds is 0. The molecule has 1 aromatic rings. The second-order valence-electron chi connectivity index (χ2n) is 1.59. The van der Waals surface area contributed by atoms with Crippen molar-refractivity contribution in [3.63, 3.8) is 0 Å². The largest absolute Gasteiger partial charge is 0.345 e. The van der Waals surface area contributed by atoms with Crippen molar-refractivity contribution >= 4 is 45.2 Å². The van der Waals surface area contributed by atoms with Crippen LogP contribution in [0.25, 0.3) is 0 Å². The van der Waals surface area contributed by atoms with Gasteiger partial charge in [-0.25, -0.2) is 0 Å². The first-order chi connectivity index (χ1) is 3.70.